The topological polar surface area (TPSA) is 76.6 Å². The maximum atomic E-state index is 13.2. The molecule has 0 radical (unpaired) electrons. The van der Waals surface area contributed by atoms with E-state index >= 15 is 0 Å². The van der Waals surface area contributed by atoms with Crippen molar-refractivity contribution in [2.75, 3.05) is 30.3 Å². The molecule has 1 aromatic rings. The van der Waals surface area contributed by atoms with Crippen molar-refractivity contribution >= 4 is 21.3 Å². The minimum atomic E-state index is -3.39. The number of rotatable bonds is 6. The van der Waals surface area contributed by atoms with Gasteiger partial charge in [0.2, 0.25) is 11.7 Å². The normalized spacial score (nSPS) is 25.2. The van der Waals surface area contributed by atoms with E-state index in [0.717, 1.165) is 38.0 Å². The van der Waals surface area contributed by atoms with E-state index in [2.05, 4.69) is 9.88 Å². The summed E-state index contributed by atoms with van der Waals surface area (Å²) in [7, 11) is -3.39. The van der Waals surface area contributed by atoms with Crippen LogP contribution in [-0.2, 0) is 9.84 Å². The van der Waals surface area contributed by atoms with Gasteiger partial charge in [-0.15, -0.1) is 0 Å². The maximum Gasteiger partial charge on any atom is 0.214 e. The summed E-state index contributed by atoms with van der Waals surface area (Å²) in [4.78, 5) is 19.8. The van der Waals surface area contributed by atoms with Gasteiger partial charge in [0.05, 0.1) is 18.0 Å². The van der Waals surface area contributed by atoms with Gasteiger partial charge in [0.1, 0.15) is 10.9 Å². The lowest BCUT2D eigenvalue weighted by Gasteiger charge is -2.25. The summed E-state index contributed by atoms with van der Waals surface area (Å²) in [5.41, 5.74) is 1.03. The van der Waals surface area contributed by atoms with Gasteiger partial charge >= 0.3 is 0 Å². The fourth-order valence-electron chi connectivity index (χ4n) is 3.80. The number of ether oxygens (including phenoxy) is 1. The molecule has 0 aromatic carbocycles. The van der Waals surface area contributed by atoms with Crippen LogP contribution in [0.5, 0.6) is 5.88 Å². The van der Waals surface area contributed by atoms with Gasteiger partial charge in [-0.2, -0.15) is 0 Å². The molecule has 6 nitrogen and oxygen atoms in total. The number of Topliss-reactive ketones (excluding diaryl/α,β-unsaturated/α-hetero) is 1. The van der Waals surface area contributed by atoms with E-state index in [1.165, 1.54) is 12.8 Å². The lowest BCUT2D eigenvalue weighted by Crippen LogP contribution is -2.37. The molecule has 0 bridgehead atoms. The Balaban J connectivity index is 1.65. The van der Waals surface area contributed by atoms with Gasteiger partial charge in [0.15, 0.2) is 9.84 Å². The zero-order valence-electron chi connectivity index (χ0n) is 15.0. The van der Waals surface area contributed by atoms with Gasteiger partial charge in [-0.25, -0.2) is 13.4 Å². The quantitative estimate of drug-likeness (QED) is 0.708. The van der Waals surface area contributed by atoms with Crippen molar-refractivity contribution in [3.8, 4) is 5.88 Å². The van der Waals surface area contributed by atoms with Crippen LogP contribution in [0.2, 0.25) is 0 Å². The molecule has 2 saturated heterocycles. The smallest absolute Gasteiger partial charge is 0.214 e. The highest BCUT2D eigenvalue weighted by atomic mass is 32.2. The van der Waals surface area contributed by atoms with E-state index < -0.39 is 15.1 Å². The summed E-state index contributed by atoms with van der Waals surface area (Å²) in [6, 6.07) is 3.69. The molecule has 1 saturated carbocycles. The van der Waals surface area contributed by atoms with Crippen molar-refractivity contribution in [1.29, 1.82) is 0 Å². The number of ketones is 1. The Hall–Kier alpha value is -1.63. The van der Waals surface area contributed by atoms with Crippen molar-refractivity contribution in [2.24, 2.45) is 5.92 Å². The molecule has 1 aromatic heterocycles. The van der Waals surface area contributed by atoms with E-state index in [9.17, 15) is 13.2 Å². The molecule has 2 aliphatic heterocycles. The minimum absolute atomic E-state index is 0.0975. The largest absolute Gasteiger partial charge is 0.477 e. The van der Waals surface area contributed by atoms with Gasteiger partial charge in [-0.3, -0.25) is 4.79 Å². The molecular weight excluding hydrogens is 352 g/mol. The van der Waals surface area contributed by atoms with Gasteiger partial charge < -0.3 is 9.64 Å². The number of hydrogen-bond acceptors (Lipinski definition) is 6. The van der Waals surface area contributed by atoms with Crippen LogP contribution in [0.1, 0.15) is 55.4 Å². The highest BCUT2D eigenvalue weighted by Gasteiger charge is 2.38. The summed E-state index contributed by atoms with van der Waals surface area (Å²) >= 11 is 0. The summed E-state index contributed by atoms with van der Waals surface area (Å²) in [6.07, 6.45) is 6.32. The first-order chi connectivity index (χ1) is 12.5. The van der Waals surface area contributed by atoms with Crippen LogP contribution in [0.15, 0.2) is 12.1 Å². The molecule has 0 N–H and O–H groups in total. The second-order valence-corrected chi connectivity index (χ2v) is 9.98. The van der Waals surface area contributed by atoms with Crippen molar-refractivity contribution in [1.82, 2.24) is 4.98 Å². The molecule has 0 spiro atoms. The number of nitrogens with zero attached hydrogens (tertiary/aromatic N) is 2. The molecule has 3 heterocycles. The Kier molecular flexibility index (Phi) is 4.90. The van der Waals surface area contributed by atoms with Crippen LogP contribution < -0.4 is 9.64 Å². The van der Waals surface area contributed by atoms with E-state index in [4.69, 9.17) is 4.74 Å². The number of carbonyl (C=O) groups excluding carboxylic acids is 1. The zero-order chi connectivity index (χ0) is 18.1. The fourth-order valence-corrected chi connectivity index (χ4v) is 5.65. The van der Waals surface area contributed by atoms with Gasteiger partial charge in [0.25, 0.3) is 0 Å². The Morgan fingerprint density at radius 1 is 1.12 bits per heavy atom. The standard InChI is InChI=1S/C19H26N2O4S/c22-19(16-5-1-4-12-26(16,23)24)18-15(21-10-2-3-11-21)8-9-17(20-18)25-13-14-6-7-14/h8-9,14,16H,1-7,10-13H2. The lowest BCUT2D eigenvalue weighted by atomic mass is 10.1. The second-order valence-electron chi connectivity index (χ2n) is 7.68. The summed E-state index contributed by atoms with van der Waals surface area (Å²) < 4.78 is 30.6. The first kappa shape index (κ1) is 17.8. The van der Waals surface area contributed by atoms with Gasteiger partial charge in [0, 0.05) is 19.2 Å². The van der Waals surface area contributed by atoms with Gasteiger partial charge in [-0.05, 0) is 50.5 Å². The third kappa shape index (κ3) is 3.72. The molecule has 7 heteroatoms. The van der Waals surface area contributed by atoms with Crippen LogP contribution in [0, 0.1) is 5.92 Å². The third-order valence-electron chi connectivity index (χ3n) is 5.56. The number of hydrogen-bond donors (Lipinski definition) is 0. The van der Waals surface area contributed by atoms with E-state index in [-0.39, 0.29) is 17.2 Å². The van der Waals surface area contributed by atoms with Crippen LogP contribution in [-0.4, -0.2) is 49.9 Å². The Morgan fingerprint density at radius 3 is 2.58 bits per heavy atom. The van der Waals surface area contributed by atoms with E-state index in [0.29, 0.717) is 31.2 Å². The predicted molar refractivity (Wildman–Crippen MR) is 99.7 cm³/mol. The first-order valence-electron chi connectivity index (χ1n) is 9.69. The van der Waals surface area contributed by atoms with Gasteiger partial charge in [-0.1, -0.05) is 6.42 Å². The molecule has 4 rings (SSSR count). The zero-order valence-corrected chi connectivity index (χ0v) is 15.8. The third-order valence-corrected chi connectivity index (χ3v) is 7.74. The van der Waals surface area contributed by atoms with Crippen molar-refractivity contribution in [3.63, 3.8) is 0 Å². The SMILES string of the molecule is O=C(c1nc(OCC2CC2)ccc1N1CCCC1)C1CCCCS1(=O)=O. The average molecular weight is 378 g/mol. The number of aromatic nitrogens is 1. The second kappa shape index (κ2) is 7.18. The molecule has 3 fully saturated rings. The number of sulfone groups is 1. The maximum absolute atomic E-state index is 13.2. The predicted octanol–water partition coefficient (Wildman–Crippen LogP) is 2.62. The molecular formula is C19H26N2O4S. The molecule has 26 heavy (non-hydrogen) atoms. The molecule has 0 amide bonds. The van der Waals surface area contributed by atoms with E-state index in [1.54, 1.807) is 0 Å². The number of carbonyl (C=O) groups is 1. The van der Waals surface area contributed by atoms with Crippen molar-refractivity contribution in [2.45, 2.75) is 50.2 Å². The molecule has 142 valence electrons. The monoisotopic (exact) mass is 378 g/mol. The van der Waals surface area contributed by atoms with Crippen LogP contribution >= 0.6 is 0 Å². The highest BCUT2D eigenvalue weighted by molar-refractivity contribution is 7.92. The van der Waals surface area contributed by atoms with Crippen molar-refractivity contribution < 1.29 is 17.9 Å². The summed E-state index contributed by atoms with van der Waals surface area (Å²) in [5.74, 6) is 0.758. The Morgan fingerprint density at radius 2 is 1.88 bits per heavy atom. The summed E-state index contributed by atoms with van der Waals surface area (Å²) in [6.45, 7) is 2.37. The molecule has 1 unspecified atom stereocenters. The molecule has 1 atom stereocenters. The van der Waals surface area contributed by atoms with Crippen LogP contribution in [0.3, 0.4) is 0 Å². The van der Waals surface area contributed by atoms with Crippen LogP contribution in [0.4, 0.5) is 5.69 Å². The van der Waals surface area contributed by atoms with Crippen molar-refractivity contribution in [3.05, 3.63) is 17.8 Å². The summed E-state index contributed by atoms with van der Waals surface area (Å²) in [5, 5.41) is -0.955. The number of anilines is 1. The highest BCUT2D eigenvalue weighted by Crippen LogP contribution is 2.32. The van der Waals surface area contributed by atoms with E-state index in [1.807, 2.05) is 12.1 Å². The number of pyridine rings is 1. The fraction of sp³-hybridized carbons (Fsp3) is 0.684. The average Bonchev–Trinajstić information content (AvgIpc) is 3.30. The molecule has 1 aliphatic carbocycles. The first-order valence-corrected chi connectivity index (χ1v) is 11.4. The lowest BCUT2D eigenvalue weighted by molar-refractivity contribution is 0.0976. The molecule has 3 aliphatic rings. The Bertz CT molecular complexity index is 783. The van der Waals surface area contributed by atoms with Crippen LogP contribution in [0.25, 0.3) is 0 Å². The minimum Gasteiger partial charge on any atom is -0.477 e. The Labute approximate surface area is 154 Å².